The number of hydrogen-bond acceptors (Lipinski definition) is 4. The minimum absolute atomic E-state index is 0.104. The molecule has 2 aromatic heterocycles. The maximum Gasteiger partial charge on any atom is 0.193 e. The van der Waals surface area contributed by atoms with E-state index in [1.165, 1.54) is 6.20 Å². The Morgan fingerprint density at radius 3 is 2.32 bits per heavy atom. The second-order valence-corrected chi connectivity index (χ2v) is 5.68. The van der Waals surface area contributed by atoms with Crippen molar-refractivity contribution in [3.05, 3.63) is 89.2 Å². The van der Waals surface area contributed by atoms with Gasteiger partial charge in [0.1, 0.15) is 11.6 Å². The Balaban J connectivity index is 2.03. The molecule has 4 rings (SSSR count). The average molecular weight is 328 g/mol. The van der Waals surface area contributed by atoms with Gasteiger partial charge in [-0.2, -0.15) is 0 Å². The van der Waals surface area contributed by atoms with Crippen molar-refractivity contribution in [2.75, 3.05) is 11.1 Å². The van der Waals surface area contributed by atoms with E-state index in [1.54, 1.807) is 12.1 Å². The van der Waals surface area contributed by atoms with E-state index in [4.69, 9.17) is 5.73 Å². The summed E-state index contributed by atoms with van der Waals surface area (Å²) in [6.07, 6.45) is 1.53. The van der Waals surface area contributed by atoms with E-state index in [0.29, 0.717) is 22.5 Å². The van der Waals surface area contributed by atoms with Crippen molar-refractivity contribution in [2.24, 2.45) is 0 Å². The molecule has 5 nitrogen and oxygen atoms in total. The molecule has 0 unspecified atom stereocenters. The van der Waals surface area contributed by atoms with Crippen molar-refractivity contribution < 1.29 is 0 Å². The summed E-state index contributed by atoms with van der Waals surface area (Å²) >= 11 is 0. The summed E-state index contributed by atoms with van der Waals surface area (Å²) in [4.78, 5) is 16.6. The lowest BCUT2D eigenvalue weighted by molar-refractivity contribution is 1.10. The van der Waals surface area contributed by atoms with E-state index in [-0.39, 0.29) is 5.43 Å². The van der Waals surface area contributed by atoms with Crippen LogP contribution in [0.15, 0.2) is 83.8 Å². The Bertz CT molecular complexity index is 1090. The average Bonchev–Trinajstić information content (AvgIpc) is 2.63. The van der Waals surface area contributed by atoms with Crippen LogP contribution in [0.2, 0.25) is 0 Å². The molecule has 5 heteroatoms. The molecule has 0 radical (unpaired) electrons. The molecule has 2 heterocycles. The third-order valence-corrected chi connectivity index (χ3v) is 3.98. The first kappa shape index (κ1) is 15.0. The third kappa shape index (κ3) is 2.83. The molecule has 2 aromatic carbocycles. The van der Waals surface area contributed by atoms with Crippen LogP contribution < -0.4 is 16.5 Å². The molecule has 0 aliphatic carbocycles. The summed E-state index contributed by atoms with van der Waals surface area (Å²) in [5.41, 5.74) is 8.31. The molecule has 0 spiro atoms. The lowest BCUT2D eigenvalue weighted by Crippen LogP contribution is -2.13. The van der Waals surface area contributed by atoms with Crippen LogP contribution in [0, 0.1) is 0 Å². The Hall–Kier alpha value is -3.60. The van der Waals surface area contributed by atoms with Crippen molar-refractivity contribution in [3.63, 3.8) is 0 Å². The molecule has 0 amide bonds. The minimum Gasteiger partial charge on any atom is -0.384 e. The van der Waals surface area contributed by atoms with Gasteiger partial charge in [0.25, 0.3) is 0 Å². The summed E-state index contributed by atoms with van der Waals surface area (Å²) in [6.45, 7) is 0. The lowest BCUT2D eigenvalue weighted by Gasteiger charge is -2.18. The van der Waals surface area contributed by atoms with E-state index < -0.39 is 0 Å². The van der Waals surface area contributed by atoms with Crippen LogP contribution in [-0.2, 0) is 0 Å². The van der Waals surface area contributed by atoms with Crippen LogP contribution in [0.4, 0.5) is 17.3 Å². The van der Waals surface area contributed by atoms with Gasteiger partial charge in [-0.1, -0.05) is 36.4 Å². The zero-order valence-electron chi connectivity index (χ0n) is 13.4. The van der Waals surface area contributed by atoms with Gasteiger partial charge in [-0.3, -0.25) is 9.36 Å². The largest absolute Gasteiger partial charge is 0.384 e. The summed E-state index contributed by atoms with van der Waals surface area (Å²) in [6, 6.07) is 22.9. The predicted octanol–water partition coefficient (Wildman–Crippen LogP) is 3.71. The highest BCUT2D eigenvalue weighted by Gasteiger charge is 2.12. The Morgan fingerprint density at radius 2 is 1.60 bits per heavy atom. The summed E-state index contributed by atoms with van der Waals surface area (Å²) in [5, 5.41) is 3.85. The van der Waals surface area contributed by atoms with Crippen molar-refractivity contribution in [2.45, 2.75) is 0 Å². The number of rotatable bonds is 3. The van der Waals surface area contributed by atoms with Gasteiger partial charge < -0.3 is 11.1 Å². The Labute approximate surface area is 144 Å². The van der Waals surface area contributed by atoms with E-state index >= 15 is 0 Å². The summed E-state index contributed by atoms with van der Waals surface area (Å²) < 4.78 is 1.97. The molecule has 0 atom stereocenters. The summed E-state index contributed by atoms with van der Waals surface area (Å²) in [7, 11) is 0. The number of fused-ring (bicyclic) bond motifs is 1. The van der Waals surface area contributed by atoms with Crippen LogP contribution in [0.1, 0.15) is 0 Å². The summed E-state index contributed by atoms with van der Waals surface area (Å²) in [5.74, 6) is 1.04. The first-order valence-electron chi connectivity index (χ1n) is 7.91. The molecule has 25 heavy (non-hydrogen) atoms. The van der Waals surface area contributed by atoms with Gasteiger partial charge in [0.2, 0.25) is 0 Å². The molecule has 0 aliphatic rings. The van der Waals surface area contributed by atoms with Crippen molar-refractivity contribution in [1.82, 2.24) is 9.55 Å². The van der Waals surface area contributed by atoms with Gasteiger partial charge in [0, 0.05) is 29.7 Å². The quantitative estimate of drug-likeness (QED) is 0.601. The van der Waals surface area contributed by atoms with Gasteiger partial charge in [-0.05, 0) is 24.3 Å². The zero-order valence-corrected chi connectivity index (χ0v) is 13.4. The van der Waals surface area contributed by atoms with Crippen molar-refractivity contribution in [3.8, 4) is 5.69 Å². The van der Waals surface area contributed by atoms with Crippen LogP contribution in [0.25, 0.3) is 16.6 Å². The first-order chi connectivity index (χ1) is 12.2. The van der Waals surface area contributed by atoms with Gasteiger partial charge in [0.15, 0.2) is 5.43 Å². The Kier molecular flexibility index (Phi) is 3.67. The number of anilines is 3. The molecule has 0 aliphatic heterocycles. The molecule has 0 saturated heterocycles. The number of nitrogens with two attached hydrogens (primary N) is 1. The minimum atomic E-state index is -0.104. The zero-order chi connectivity index (χ0) is 17.2. The highest BCUT2D eigenvalue weighted by molar-refractivity contribution is 5.85. The second kappa shape index (κ2) is 6.13. The van der Waals surface area contributed by atoms with Crippen LogP contribution >= 0.6 is 0 Å². The fraction of sp³-hybridized carbons (Fsp3) is 0. The highest BCUT2D eigenvalue weighted by atomic mass is 16.1. The highest BCUT2D eigenvalue weighted by Crippen LogP contribution is 2.25. The fourth-order valence-electron chi connectivity index (χ4n) is 2.85. The van der Waals surface area contributed by atoms with Crippen molar-refractivity contribution in [1.29, 1.82) is 0 Å². The van der Waals surface area contributed by atoms with Crippen molar-refractivity contribution >= 4 is 28.2 Å². The maximum atomic E-state index is 12.6. The van der Waals surface area contributed by atoms with E-state index in [0.717, 1.165) is 11.4 Å². The molecule has 3 N–H and O–H groups in total. The number of nitrogens with zero attached hydrogens (tertiary/aromatic N) is 2. The number of benzene rings is 2. The van der Waals surface area contributed by atoms with Crippen LogP contribution in [0.3, 0.4) is 0 Å². The maximum absolute atomic E-state index is 12.6. The molecule has 0 fully saturated rings. The standard InChI is InChI=1S/C20H16N4O/c21-19-11-17-16(13-22-19)18(25)12-20(23-14-7-3-1-4-8-14)24(17)15-9-5-2-6-10-15/h1-13,23H,(H2,21,22). The normalized spacial score (nSPS) is 10.7. The number of pyridine rings is 2. The van der Waals surface area contributed by atoms with Crippen LogP contribution in [-0.4, -0.2) is 9.55 Å². The lowest BCUT2D eigenvalue weighted by atomic mass is 10.2. The molecule has 0 bridgehead atoms. The molecular weight excluding hydrogens is 312 g/mol. The number of aromatic nitrogens is 2. The molecule has 4 aromatic rings. The fourth-order valence-corrected chi connectivity index (χ4v) is 2.85. The Morgan fingerprint density at radius 1 is 0.920 bits per heavy atom. The molecule has 122 valence electrons. The number of nitrogens with one attached hydrogen (secondary N) is 1. The van der Waals surface area contributed by atoms with Gasteiger partial charge in [-0.25, -0.2) is 4.98 Å². The molecule has 0 saturated carbocycles. The van der Waals surface area contributed by atoms with Gasteiger partial charge in [0.05, 0.1) is 10.9 Å². The number of hydrogen-bond donors (Lipinski definition) is 2. The SMILES string of the molecule is Nc1cc2c(cn1)c(=O)cc(Nc1ccccc1)n2-c1ccccc1. The van der Waals surface area contributed by atoms with Gasteiger partial charge in [-0.15, -0.1) is 0 Å². The molecular formula is C20H16N4O. The first-order valence-corrected chi connectivity index (χ1v) is 7.91. The number of nitrogen functional groups attached to an aromatic ring is 1. The van der Waals surface area contributed by atoms with Crippen LogP contribution in [0.5, 0.6) is 0 Å². The predicted molar refractivity (Wildman–Crippen MR) is 101 cm³/mol. The van der Waals surface area contributed by atoms with E-state index in [1.807, 2.05) is 65.2 Å². The smallest absolute Gasteiger partial charge is 0.193 e. The van der Waals surface area contributed by atoms with E-state index in [9.17, 15) is 4.79 Å². The monoisotopic (exact) mass is 328 g/mol. The number of para-hydroxylation sites is 2. The third-order valence-electron chi connectivity index (χ3n) is 3.98. The van der Waals surface area contributed by atoms with E-state index in [2.05, 4.69) is 10.3 Å². The topological polar surface area (TPSA) is 72.9 Å². The van der Waals surface area contributed by atoms with Gasteiger partial charge >= 0.3 is 0 Å². The second-order valence-electron chi connectivity index (χ2n) is 5.68.